The molecular formula is C12H24O3. The van der Waals surface area contributed by atoms with Crippen LogP contribution in [0.2, 0.25) is 0 Å². The van der Waals surface area contributed by atoms with Crippen LogP contribution in [0.5, 0.6) is 0 Å². The van der Waals surface area contributed by atoms with Crippen LogP contribution in [0.15, 0.2) is 0 Å². The molecular weight excluding hydrogens is 192 g/mol. The van der Waals surface area contributed by atoms with Crippen molar-refractivity contribution < 1.29 is 15.0 Å². The van der Waals surface area contributed by atoms with Crippen LogP contribution in [-0.2, 0) is 4.79 Å². The lowest BCUT2D eigenvalue weighted by atomic mass is 9.87. The van der Waals surface area contributed by atoms with E-state index in [1.165, 1.54) is 0 Å². The fourth-order valence-electron chi connectivity index (χ4n) is 1.49. The second-order valence-corrected chi connectivity index (χ2v) is 4.78. The maximum atomic E-state index is 10.8. The number of hydrogen-bond acceptors (Lipinski definition) is 2. The lowest BCUT2D eigenvalue weighted by Gasteiger charge is -2.18. The van der Waals surface area contributed by atoms with Gasteiger partial charge in [-0.2, -0.15) is 0 Å². The minimum absolute atomic E-state index is 0.284. The summed E-state index contributed by atoms with van der Waals surface area (Å²) in [5.74, 6) is -0.706. The molecule has 0 bridgehead atoms. The average Bonchev–Trinajstić information content (AvgIpc) is 2.16. The highest BCUT2D eigenvalue weighted by atomic mass is 16.4. The highest BCUT2D eigenvalue weighted by molar-refractivity contribution is 5.73. The molecule has 0 aromatic carbocycles. The van der Waals surface area contributed by atoms with Crippen LogP contribution < -0.4 is 0 Å². The Morgan fingerprint density at radius 3 is 1.93 bits per heavy atom. The zero-order chi connectivity index (χ0) is 11.7. The normalized spacial score (nSPS) is 11.7. The summed E-state index contributed by atoms with van der Waals surface area (Å²) in [4.78, 5) is 10.8. The van der Waals surface area contributed by atoms with Gasteiger partial charge in [-0.15, -0.1) is 0 Å². The molecule has 0 aliphatic rings. The van der Waals surface area contributed by atoms with Crippen molar-refractivity contribution in [2.24, 2.45) is 5.41 Å². The lowest BCUT2D eigenvalue weighted by molar-refractivity contribution is -0.147. The molecule has 0 rings (SSSR count). The minimum atomic E-state index is -0.706. The molecule has 0 fully saturated rings. The van der Waals surface area contributed by atoms with Crippen molar-refractivity contribution in [3.05, 3.63) is 0 Å². The van der Waals surface area contributed by atoms with E-state index in [0.29, 0.717) is 0 Å². The summed E-state index contributed by atoms with van der Waals surface area (Å²) in [5.41, 5.74) is -0.578. The summed E-state index contributed by atoms with van der Waals surface area (Å²) in [6, 6.07) is 0. The molecule has 0 aromatic rings. The first-order valence-electron chi connectivity index (χ1n) is 5.85. The Bertz CT molecular complexity index is 176. The molecule has 0 unspecified atom stereocenters. The summed E-state index contributed by atoms with van der Waals surface area (Å²) in [7, 11) is 0. The van der Waals surface area contributed by atoms with Gasteiger partial charge in [0.2, 0.25) is 0 Å². The molecule has 3 heteroatoms. The van der Waals surface area contributed by atoms with E-state index in [0.717, 1.165) is 44.9 Å². The fraction of sp³-hybridized carbons (Fsp3) is 0.917. The topological polar surface area (TPSA) is 57.5 Å². The third-order valence-corrected chi connectivity index (χ3v) is 2.79. The molecule has 3 nitrogen and oxygen atoms in total. The van der Waals surface area contributed by atoms with E-state index in [1.54, 1.807) is 13.8 Å². The second kappa shape index (κ2) is 7.69. The van der Waals surface area contributed by atoms with E-state index in [-0.39, 0.29) is 6.61 Å². The van der Waals surface area contributed by atoms with Crippen molar-refractivity contribution >= 4 is 5.97 Å². The van der Waals surface area contributed by atoms with Crippen molar-refractivity contribution in [3.8, 4) is 0 Å². The predicted octanol–water partition coefficient (Wildman–Crippen LogP) is 2.82. The minimum Gasteiger partial charge on any atom is -0.481 e. The Morgan fingerprint density at radius 2 is 1.47 bits per heavy atom. The van der Waals surface area contributed by atoms with Gasteiger partial charge in [0.15, 0.2) is 0 Å². The maximum absolute atomic E-state index is 10.8. The van der Waals surface area contributed by atoms with Crippen LogP contribution in [-0.4, -0.2) is 22.8 Å². The zero-order valence-corrected chi connectivity index (χ0v) is 9.96. The summed E-state index contributed by atoms with van der Waals surface area (Å²) in [6.07, 6.45) is 7.10. The van der Waals surface area contributed by atoms with Crippen molar-refractivity contribution in [2.45, 2.75) is 58.8 Å². The molecule has 0 heterocycles. The van der Waals surface area contributed by atoms with Gasteiger partial charge >= 0.3 is 5.97 Å². The predicted molar refractivity (Wildman–Crippen MR) is 60.8 cm³/mol. The largest absolute Gasteiger partial charge is 0.481 e. The van der Waals surface area contributed by atoms with Crippen LogP contribution in [0.4, 0.5) is 0 Å². The van der Waals surface area contributed by atoms with E-state index in [1.807, 2.05) is 0 Å². The van der Waals surface area contributed by atoms with E-state index in [9.17, 15) is 4.79 Å². The van der Waals surface area contributed by atoms with Crippen LogP contribution in [0.1, 0.15) is 58.8 Å². The number of aliphatic hydroxyl groups is 1. The molecule has 0 saturated carbocycles. The monoisotopic (exact) mass is 216 g/mol. The Balaban J connectivity index is 3.35. The van der Waals surface area contributed by atoms with Gasteiger partial charge in [0.1, 0.15) is 0 Å². The molecule has 15 heavy (non-hydrogen) atoms. The van der Waals surface area contributed by atoms with Crippen molar-refractivity contribution in [1.29, 1.82) is 0 Å². The molecule has 0 aliphatic carbocycles. The molecule has 2 N–H and O–H groups in total. The van der Waals surface area contributed by atoms with Gasteiger partial charge in [-0.1, -0.05) is 32.1 Å². The smallest absolute Gasteiger partial charge is 0.309 e. The second-order valence-electron chi connectivity index (χ2n) is 4.78. The van der Waals surface area contributed by atoms with Gasteiger partial charge in [-0.05, 0) is 26.7 Å². The number of aliphatic hydroxyl groups excluding tert-OH is 1. The Labute approximate surface area is 92.5 Å². The van der Waals surface area contributed by atoms with Crippen molar-refractivity contribution in [2.75, 3.05) is 6.61 Å². The Morgan fingerprint density at radius 1 is 1.00 bits per heavy atom. The van der Waals surface area contributed by atoms with Gasteiger partial charge in [-0.25, -0.2) is 0 Å². The van der Waals surface area contributed by atoms with Crippen LogP contribution >= 0.6 is 0 Å². The Kier molecular flexibility index (Phi) is 7.39. The van der Waals surface area contributed by atoms with Gasteiger partial charge in [-0.3, -0.25) is 4.79 Å². The van der Waals surface area contributed by atoms with Crippen molar-refractivity contribution in [1.82, 2.24) is 0 Å². The highest BCUT2D eigenvalue weighted by Gasteiger charge is 2.25. The molecule has 90 valence electrons. The van der Waals surface area contributed by atoms with E-state index in [2.05, 4.69) is 0 Å². The standard InChI is InChI=1S/C12H24O3/c1-12(2,11(14)15)9-7-5-3-4-6-8-10-13/h13H,3-10H2,1-2H3,(H,14,15). The first-order chi connectivity index (χ1) is 7.00. The number of carbonyl (C=O) groups is 1. The van der Waals surface area contributed by atoms with Gasteiger partial charge < -0.3 is 10.2 Å². The first kappa shape index (κ1) is 14.4. The maximum Gasteiger partial charge on any atom is 0.309 e. The van der Waals surface area contributed by atoms with Crippen LogP contribution in [0, 0.1) is 5.41 Å². The molecule has 0 atom stereocenters. The molecule has 0 saturated heterocycles. The van der Waals surface area contributed by atoms with E-state index in [4.69, 9.17) is 10.2 Å². The number of aliphatic carboxylic acids is 1. The molecule has 0 radical (unpaired) electrons. The fourth-order valence-corrected chi connectivity index (χ4v) is 1.49. The molecule has 0 amide bonds. The van der Waals surface area contributed by atoms with Crippen LogP contribution in [0.25, 0.3) is 0 Å². The number of unbranched alkanes of at least 4 members (excludes halogenated alkanes) is 5. The number of rotatable bonds is 9. The van der Waals surface area contributed by atoms with Crippen molar-refractivity contribution in [3.63, 3.8) is 0 Å². The molecule has 0 spiro atoms. The van der Waals surface area contributed by atoms with Gasteiger partial charge in [0.05, 0.1) is 5.41 Å². The molecule has 0 aromatic heterocycles. The number of hydrogen-bond donors (Lipinski definition) is 2. The zero-order valence-electron chi connectivity index (χ0n) is 9.96. The number of carboxylic acid groups (broad SMARTS) is 1. The van der Waals surface area contributed by atoms with E-state index < -0.39 is 11.4 Å². The third-order valence-electron chi connectivity index (χ3n) is 2.79. The summed E-state index contributed by atoms with van der Waals surface area (Å²) < 4.78 is 0. The third kappa shape index (κ3) is 7.37. The summed E-state index contributed by atoms with van der Waals surface area (Å²) >= 11 is 0. The Hall–Kier alpha value is -0.570. The summed E-state index contributed by atoms with van der Waals surface area (Å²) in [6.45, 7) is 3.84. The molecule has 0 aliphatic heterocycles. The quantitative estimate of drug-likeness (QED) is 0.583. The SMILES string of the molecule is CC(C)(CCCCCCCCO)C(=O)O. The lowest BCUT2D eigenvalue weighted by Crippen LogP contribution is -2.23. The average molecular weight is 216 g/mol. The van der Waals surface area contributed by atoms with Gasteiger partial charge in [0, 0.05) is 6.61 Å². The van der Waals surface area contributed by atoms with E-state index >= 15 is 0 Å². The summed E-state index contributed by atoms with van der Waals surface area (Å²) in [5, 5.41) is 17.5. The highest BCUT2D eigenvalue weighted by Crippen LogP contribution is 2.24. The number of carboxylic acids is 1. The van der Waals surface area contributed by atoms with Crippen LogP contribution in [0.3, 0.4) is 0 Å². The van der Waals surface area contributed by atoms with Gasteiger partial charge in [0.25, 0.3) is 0 Å². The first-order valence-corrected chi connectivity index (χ1v) is 5.85.